The summed E-state index contributed by atoms with van der Waals surface area (Å²) in [6, 6.07) is 14.6. The number of hydrogen-bond acceptors (Lipinski definition) is 9. The lowest BCUT2D eigenvalue weighted by Gasteiger charge is -2.31. The first kappa shape index (κ1) is 29.6. The number of amides is 1. The number of anilines is 2. The Balaban J connectivity index is 1.15. The monoisotopic (exact) mass is 662 g/mol. The first-order valence-electron chi connectivity index (χ1n) is 16.4. The number of fused-ring (bicyclic) bond motifs is 8. The van der Waals surface area contributed by atoms with Crippen LogP contribution in [0.4, 0.5) is 20.4 Å². The maximum Gasteiger partial charge on any atom is 0.245 e. The van der Waals surface area contributed by atoms with E-state index in [4.69, 9.17) is 14.7 Å². The smallest absolute Gasteiger partial charge is 0.245 e. The average Bonchev–Trinajstić information content (AvgIpc) is 3.74. The normalized spacial score (nSPS) is 21.0. The first-order chi connectivity index (χ1) is 23.9. The molecule has 7 heterocycles. The molecule has 6 bridgehead atoms. The van der Waals surface area contributed by atoms with Gasteiger partial charge in [0.15, 0.2) is 11.5 Å². The first-order valence-corrected chi connectivity index (χ1v) is 16.4. The minimum absolute atomic E-state index is 0.0204. The molecular weight excluding hydrogens is 630 g/mol. The van der Waals surface area contributed by atoms with Crippen LogP contribution >= 0.6 is 0 Å². The molecule has 12 nitrogen and oxygen atoms in total. The number of aromatic nitrogens is 7. The standard InChI is InChI=1S/C35H32F2N10O2/c1-20-41-28-6-2-4-24-27-5-3-7-31(43-27)42-23-13-30(35(48)44-10-11-49-18-21(15-44)16-45(20)32(24)28)46(17-23)33-25-14-40-47(34(25)39-19-38-33)29-9-8-22(36)12-26(29)37/h2-9,12,14,19,21,23,30H,10-11,13,15-18H2,1H3,(H,42,43)/t21-,23-,30-/m0/s1. The van der Waals surface area contributed by atoms with Gasteiger partial charge in [0.1, 0.15) is 41.3 Å². The van der Waals surface area contributed by atoms with Gasteiger partial charge in [-0.15, -0.1) is 0 Å². The highest BCUT2D eigenvalue weighted by Crippen LogP contribution is 2.35. The quantitative estimate of drug-likeness (QED) is 0.289. The molecule has 4 aromatic heterocycles. The highest BCUT2D eigenvalue weighted by Gasteiger charge is 2.42. The van der Waals surface area contributed by atoms with Crippen LogP contribution in [0.3, 0.4) is 0 Å². The van der Waals surface area contributed by atoms with E-state index in [0.717, 1.165) is 34.2 Å². The van der Waals surface area contributed by atoms with Crippen LogP contribution in [-0.4, -0.2) is 90.0 Å². The SMILES string of the molecule is Cc1nc2cccc3c2n1C[C@H]1COCCN(C1)C(=O)[C@@H]1C[C@@H](CN1c1ncnc2c1cnn2-c1ccc(F)cc1F)Nc1cccc-3n1. The third kappa shape index (κ3) is 5.05. The Morgan fingerprint density at radius 1 is 1.00 bits per heavy atom. The largest absolute Gasteiger partial charge is 0.379 e. The van der Waals surface area contributed by atoms with Crippen molar-refractivity contribution >= 4 is 39.6 Å². The summed E-state index contributed by atoms with van der Waals surface area (Å²) in [7, 11) is 0. The zero-order valence-electron chi connectivity index (χ0n) is 26.6. The van der Waals surface area contributed by atoms with Crippen molar-refractivity contribution in [3.05, 3.63) is 84.6 Å². The molecule has 248 valence electrons. The summed E-state index contributed by atoms with van der Waals surface area (Å²) >= 11 is 0. The van der Waals surface area contributed by atoms with Crippen LogP contribution in [0.5, 0.6) is 0 Å². The van der Waals surface area contributed by atoms with Gasteiger partial charge in [0, 0.05) is 49.8 Å². The van der Waals surface area contributed by atoms with E-state index in [1.54, 1.807) is 6.20 Å². The van der Waals surface area contributed by atoms with Gasteiger partial charge in [-0.25, -0.2) is 33.4 Å². The second-order valence-corrected chi connectivity index (χ2v) is 12.9. The number of halogens is 2. The highest BCUT2D eigenvalue weighted by molar-refractivity contribution is 5.93. The second kappa shape index (κ2) is 11.6. The van der Waals surface area contributed by atoms with Crippen LogP contribution in [0.2, 0.25) is 0 Å². The molecule has 3 aliphatic heterocycles. The van der Waals surface area contributed by atoms with E-state index >= 15 is 0 Å². The highest BCUT2D eigenvalue weighted by atomic mass is 19.1. The molecule has 6 aromatic rings. The predicted molar refractivity (Wildman–Crippen MR) is 178 cm³/mol. The molecule has 0 spiro atoms. The zero-order valence-corrected chi connectivity index (χ0v) is 26.6. The number of hydrogen-bond donors (Lipinski definition) is 1. The molecule has 1 amide bonds. The molecule has 49 heavy (non-hydrogen) atoms. The van der Waals surface area contributed by atoms with Crippen molar-refractivity contribution in [2.24, 2.45) is 5.92 Å². The number of pyridine rings is 1. The molecule has 9 rings (SSSR count). The number of para-hydroxylation sites is 1. The number of ether oxygens (including phenoxy) is 1. The van der Waals surface area contributed by atoms with Gasteiger partial charge < -0.3 is 24.4 Å². The Morgan fingerprint density at radius 2 is 1.90 bits per heavy atom. The molecule has 2 aromatic carbocycles. The molecule has 14 heteroatoms. The van der Waals surface area contributed by atoms with Gasteiger partial charge in [0.2, 0.25) is 5.91 Å². The number of imidazole rings is 1. The van der Waals surface area contributed by atoms with E-state index in [1.807, 2.05) is 47.1 Å². The Morgan fingerprint density at radius 3 is 2.80 bits per heavy atom. The molecule has 1 N–H and O–H groups in total. The summed E-state index contributed by atoms with van der Waals surface area (Å²) in [4.78, 5) is 37.5. The minimum atomic E-state index is -0.765. The number of carbonyl (C=O) groups is 1. The number of nitrogens with zero attached hydrogens (tertiary/aromatic N) is 9. The van der Waals surface area contributed by atoms with Crippen LogP contribution in [0.25, 0.3) is 39.0 Å². The Hall–Kier alpha value is -5.50. The lowest BCUT2D eigenvalue weighted by molar-refractivity contribution is -0.132. The van der Waals surface area contributed by atoms with Gasteiger partial charge in [-0.2, -0.15) is 5.10 Å². The Kier molecular flexibility index (Phi) is 7.00. The summed E-state index contributed by atoms with van der Waals surface area (Å²) in [5.74, 6) is 0.654. The van der Waals surface area contributed by atoms with Crippen molar-refractivity contribution in [3.63, 3.8) is 0 Å². The maximum absolute atomic E-state index is 14.8. The number of rotatable bonds is 2. The van der Waals surface area contributed by atoms with E-state index < -0.39 is 17.7 Å². The van der Waals surface area contributed by atoms with Crippen LogP contribution in [0.1, 0.15) is 12.2 Å². The minimum Gasteiger partial charge on any atom is -0.379 e. The number of aryl methyl sites for hydroxylation is 1. The van der Waals surface area contributed by atoms with Crippen LogP contribution in [0, 0.1) is 24.5 Å². The maximum atomic E-state index is 14.8. The number of nitrogens with one attached hydrogen (secondary N) is 1. The van der Waals surface area contributed by atoms with E-state index in [2.05, 4.69) is 31.0 Å². The van der Waals surface area contributed by atoms with Gasteiger partial charge in [-0.3, -0.25) is 4.79 Å². The summed E-state index contributed by atoms with van der Waals surface area (Å²) in [5.41, 5.74) is 4.14. The molecule has 0 aliphatic carbocycles. The van der Waals surface area contributed by atoms with Crippen molar-refractivity contribution in [3.8, 4) is 16.9 Å². The van der Waals surface area contributed by atoms with E-state index in [9.17, 15) is 13.6 Å². The van der Waals surface area contributed by atoms with Crippen LogP contribution in [-0.2, 0) is 16.1 Å². The lowest BCUT2D eigenvalue weighted by atomic mass is 10.1. The van der Waals surface area contributed by atoms with Gasteiger partial charge >= 0.3 is 0 Å². The van der Waals surface area contributed by atoms with E-state index in [1.165, 1.54) is 23.1 Å². The summed E-state index contributed by atoms with van der Waals surface area (Å²) in [6.07, 6.45) is 3.45. The van der Waals surface area contributed by atoms with Crippen molar-refractivity contribution in [2.45, 2.75) is 32.0 Å². The van der Waals surface area contributed by atoms with Gasteiger partial charge in [0.25, 0.3) is 0 Å². The molecule has 0 radical (unpaired) electrons. The van der Waals surface area contributed by atoms with Gasteiger partial charge in [-0.05, 0) is 43.7 Å². The fourth-order valence-electron chi connectivity index (χ4n) is 7.56. The Bertz CT molecular complexity index is 2250. The summed E-state index contributed by atoms with van der Waals surface area (Å²) in [5, 5.41) is 8.56. The average molecular weight is 663 g/mol. The molecular formula is C35H32F2N10O2. The number of benzene rings is 2. The molecule has 3 aliphatic rings. The molecule has 2 fully saturated rings. The second-order valence-electron chi connectivity index (χ2n) is 12.9. The third-order valence-electron chi connectivity index (χ3n) is 9.77. The van der Waals surface area contributed by atoms with Crippen molar-refractivity contribution in [2.75, 3.05) is 43.1 Å². The van der Waals surface area contributed by atoms with Gasteiger partial charge in [-0.1, -0.05) is 18.2 Å². The van der Waals surface area contributed by atoms with E-state index in [0.29, 0.717) is 68.5 Å². The van der Waals surface area contributed by atoms with Crippen molar-refractivity contribution in [1.29, 1.82) is 0 Å². The number of carbonyl (C=O) groups excluding carboxylic acids is 1. The topological polar surface area (TPSA) is 119 Å². The van der Waals surface area contributed by atoms with Crippen molar-refractivity contribution < 1.29 is 18.3 Å². The van der Waals surface area contributed by atoms with Crippen LogP contribution in [0.15, 0.2) is 67.1 Å². The fourth-order valence-corrected chi connectivity index (χ4v) is 7.56. The summed E-state index contributed by atoms with van der Waals surface area (Å²) < 4.78 is 38.2. The molecule has 3 atom stereocenters. The van der Waals surface area contributed by atoms with Crippen LogP contribution < -0.4 is 10.2 Å². The molecule has 0 saturated carbocycles. The molecule has 2 saturated heterocycles. The lowest BCUT2D eigenvalue weighted by Crippen LogP contribution is -2.48. The van der Waals surface area contributed by atoms with E-state index in [-0.39, 0.29) is 23.6 Å². The predicted octanol–water partition coefficient (Wildman–Crippen LogP) is 4.36. The fraction of sp³-hybridized carbons (Fsp3) is 0.314. The van der Waals surface area contributed by atoms with Crippen molar-refractivity contribution in [1.82, 2.24) is 39.2 Å². The third-order valence-corrected chi connectivity index (χ3v) is 9.77. The summed E-state index contributed by atoms with van der Waals surface area (Å²) in [6.45, 7) is 5.03. The molecule has 0 unspecified atom stereocenters. The zero-order chi connectivity index (χ0) is 33.2. The van der Waals surface area contributed by atoms with Gasteiger partial charge in [0.05, 0.1) is 41.5 Å². The Labute approximate surface area is 279 Å².